The maximum Gasteiger partial charge on any atom is 0.412 e. The topological polar surface area (TPSA) is 161 Å². The number of benzene rings is 2. The molecule has 244 valence electrons. The third kappa shape index (κ3) is 9.12. The molecule has 0 fully saturated rings. The number of carbonyl (C=O) groups excluding carboxylic acids is 4. The lowest BCUT2D eigenvalue weighted by atomic mass is 10.1. The zero-order valence-corrected chi connectivity index (χ0v) is 25.5. The molecule has 2 aromatic carbocycles. The summed E-state index contributed by atoms with van der Waals surface area (Å²) >= 11 is 0. The Morgan fingerprint density at radius 3 is 2.28 bits per heavy atom. The first-order valence-corrected chi connectivity index (χ1v) is 14.5. The van der Waals surface area contributed by atoms with E-state index in [0.29, 0.717) is 22.4 Å². The molecule has 0 saturated carbocycles. The molecule has 3 N–H and O–H groups in total. The Kier molecular flexibility index (Phi) is 11.2. The second-order valence-corrected chi connectivity index (χ2v) is 10.6. The number of ketones is 1. The lowest BCUT2D eigenvalue weighted by Gasteiger charge is -2.17. The summed E-state index contributed by atoms with van der Waals surface area (Å²) in [4.78, 5) is 71.5. The van der Waals surface area contributed by atoms with Crippen molar-refractivity contribution in [3.8, 4) is 11.4 Å². The van der Waals surface area contributed by atoms with Crippen molar-refractivity contribution < 1.29 is 32.7 Å². The van der Waals surface area contributed by atoms with E-state index in [2.05, 4.69) is 15.3 Å². The number of pyridine rings is 1. The van der Waals surface area contributed by atoms with Gasteiger partial charge in [0.1, 0.15) is 24.7 Å². The van der Waals surface area contributed by atoms with Gasteiger partial charge in [0.05, 0.1) is 12.7 Å². The van der Waals surface area contributed by atoms with Gasteiger partial charge in [-0.3, -0.25) is 34.0 Å². The number of hydrogen-bond donors (Lipinski definition) is 3. The Labute approximate surface area is 268 Å². The van der Waals surface area contributed by atoms with Gasteiger partial charge in [-0.05, 0) is 29.2 Å². The van der Waals surface area contributed by atoms with Gasteiger partial charge < -0.3 is 15.4 Å². The minimum Gasteiger partial charge on any atom is -0.444 e. The molecular formula is C33H32F2N6O6. The number of nitrogens with zero attached hydrogens (tertiary/aromatic N) is 3. The summed E-state index contributed by atoms with van der Waals surface area (Å²) in [6.45, 7) is 1.52. The van der Waals surface area contributed by atoms with Gasteiger partial charge in [-0.15, -0.1) is 0 Å². The van der Waals surface area contributed by atoms with Crippen LogP contribution >= 0.6 is 0 Å². The smallest absolute Gasteiger partial charge is 0.412 e. The Bertz CT molecular complexity index is 1800. The van der Waals surface area contributed by atoms with E-state index in [9.17, 15) is 32.8 Å². The third-order valence-corrected chi connectivity index (χ3v) is 6.80. The minimum atomic E-state index is -4.45. The highest BCUT2D eigenvalue weighted by Crippen LogP contribution is 2.18. The number of halogens is 2. The number of alkyl halides is 2. The van der Waals surface area contributed by atoms with E-state index in [0.717, 1.165) is 10.8 Å². The molecule has 0 saturated heterocycles. The average Bonchev–Trinajstić information content (AvgIpc) is 3.07. The molecular weight excluding hydrogens is 614 g/mol. The lowest BCUT2D eigenvalue weighted by molar-refractivity contribution is -0.158. The Morgan fingerprint density at radius 2 is 1.60 bits per heavy atom. The van der Waals surface area contributed by atoms with Gasteiger partial charge in [0, 0.05) is 24.0 Å². The second-order valence-electron chi connectivity index (χ2n) is 10.6. The molecule has 4 aromatic rings. The molecule has 0 aliphatic rings. The molecule has 0 spiro atoms. The van der Waals surface area contributed by atoms with E-state index >= 15 is 0 Å². The molecule has 0 bridgehead atoms. The molecule has 2 aromatic heterocycles. The van der Waals surface area contributed by atoms with Crippen molar-refractivity contribution in [3.63, 3.8) is 0 Å². The number of nitrogens with one attached hydrogen (secondary N) is 3. The molecule has 0 aliphatic heterocycles. The largest absolute Gasteiger partial charge is 0.444 e. The van der Waals surface area contributed by atoms with Gasteiger partial charge in [0.15, 0.2) is 0 Å². The number of carbonyl (C=O) groups is 4. The Balaban J connectivity index is 1.41. The van der Waals surface area contributed by atoms with Gasteiger partial charge in [-0.25, -0.2) is 9.78 Å². The quantitative estimate of drug-likeness (QED) is 0.185. The second kappa shape index (κ2) is 15.5. The van der Waals surface area contributed by atoms with Crippen LogP contribution < -0.4 is 21.5 Å². The summed E-state index contributed by atoms with van der Waals surface area (Å²) in [7, 11) is 0. The van der Waals surface area contributed by atoms with Gasteiger partial charge >= 0.3 is 12.0 Å². The maximum atomic E-state index is 14.7. The van der Waals surface area contributed by atoms with E-state index < -0.39 is 48.3 Å². The highest BCUT2D eigenvalue weighted by molar-refractivity contribution is 6.09. The van der Waals surface area contributed by atoms with Crippen molar-refractivity contribution in [1.29, 1.82) is 0 Å². The fraction of sp³-hybridized carbons (Fsp3) is 0.242. The number of ether oxygens (including phenoxy) is 1. The van der Waals surface area contributed by atoms with Crippen molar-refractivity contribution >= 4 is 29.4 Å². The number of rotatable bonds is 13. The molecule has 47 heavy (non-hydrogen) atoms. The van der Waals surface area contributed by atoms with Crippen LogP contribution in [0.5, 0.6) is 0 Å². The molecule has 0 aliphatic carbocycles. The summed E-state index contributed by atoms with van der Waals surface area (Å²) in [5, 5.41) is 6.37. The van der Waals surface area contributed by atoms with E-state index in [-0.39, 0.29) is 30.6 Å². The van der Waals surface area contributed by atoms with Crippen LogP contribution in [0.15, 0.2) is 90.0 Å². The van der Waals surface area contributed by atoms with Gasteiger partial charge in [0.25, 0.3) is 11.5 Å². The van der Waals surface area contributed by atoms with Gasteiger partial charge in [-0.1, -0.05) is 74.5 Å². The van der Waals surface area contributed by atoms with Gasteiger partial charge in [0.2, 0.25) is 11.7 Å². The monoisotopic (exact) mass is 646 g/mol. The summed E-state index contributed by atoms with van der Waals surface area (Å²) < 4.78 is 35.4. The van der Waals surface area contributed by atoms with E-state index in [1.165, 1.54) is 6.20 Å². The van der Waals surface area contributed by atoms with Crippen LogP contribution in [0.25, 0.3) is 11.4 Å². The lowest BCUT2D eigenvalue weighted by Crippen LogP contribution is -2.50. The summed E-state index contributed by atoms with van der Waals surface area (Å²) in [6.07, 6.45) is 1.64. The highest BCUT2D eigenvalue weighted by Gasteiger charge is 2.46. The maximum absolute atomic E-state index is 14.7. The highest BCUT2D eigenvalue weighted by atomic mass is 19.3. The Hall–Kier alpha value is -5.79. The summed E-state index contributed by atoms with van der Waals surface area (Å²) in [5.74, 6) is -9.03. The summed E-state index contributed by atoms with van der Waals surface area (Å²) in [5.41, 5.74) is 1.20. The minimum absolute atomic E-state index is 0.0294. The van der Waals surface area contributed by atoms with Crippen LogP contribution in [0.1, 0.15) is 36.6 Å². The van der Waals surface area contributed by atoms with Crippen molar-refractivity contribution in [2.45, 2.75) is 45.4 Å². The number of anilines is 1. The zero-order valence-electron chi connectivity index (χ0n) is 25.5. The van der Waals surface area contributed by atoms with Crippen LogP contribution in [0.4, 0.5) is 19.3 Å². The molecule has 0 atom stereocenters. The van der Waals surface area contributed by atoms with E-state index in [1.807, 2.05) is 24.5 Å². The normalized spacial score (nSPS) is 11.1. The van der Waals surface area contributed by atoms with E-state index in [4.69, 9.17) is 4.74 Å². The third-order valence-electron chi connectivity index (χ3n) is 6.80. The fourth-order valence-electron chi connectivity index (χ4n) is 4.24. The van der Waals surface area contributed by atoms with E-state index in [1.54, 1.807) is 72.8 Å². The standard InChI is InChI=1S/C33H32F2N6O6/c1-21(2)25-15-23(13-14-36-25)16-39-31(45)33(34,35)27(42)18-37-28(43)19-41-29(24-11-7-4-8-12-24)38-17-26(30(41)44)40-32(46)47-20-22-9-5-3-6-10-22/h3-15,17,21H,16,18-20H2,1-2H3,(H,37,43)(H,39,45)(H,40,46). The van der Waals surface area contributed by atoms with Crippen LogP contribution in [0.2, 0.25) is 0 Å². The number of Topliss-reactive ketones (excluding diaryl/α,β-unsaturated/α-hetero) is 1. The van der Waals surface area contributed by atoms with Crippen molar-refractivity contribution in [1.82, 2.24) is 25.2 Å². The number of amides is 3. The molecule has 14 heteroatoms. The molecule has 4 rings (SSSR count). The Morgan fingerprint density at radius 1 is 0.915 bits per heavy atom. The molecule has 2 heterocycles. The van der Waals surface area contributed by atoms with Crippen molar-refractivity contribution in [2.24, 2.45) is 0 Å². The number of aromatic nitrogens is 3. The fourth-order valence-corrected chi connectivity index (χ4v) is 4.24. The van der Waals surface area contributed by atoms with Crippen LogP contribution in [-0.4, -0.2) is 50.7 Å². The average molecular weight is 647 g/mol. The zero-order chi connectivity index (χ0) is 34.0. The molecule has 12 nitrogen and oxygen atoms in total. The van der Waals surface area contributed by atoms with Crippen LogP contribution in [0.3, 0.4) is 0 Å². The first-order chi connectivity index (χ1) is 22.5. The predicted octanol–water partition coefficient (Wildman–Crippen LogP) is 3.81. The van der Waals surface area contributed by atoms with Crippen molar-refractivity contribution in [2.75, 3.05) is 11.9 Å². The molecule has 0 unspecified atom stereocenters. The first kappa shape index (κ1) is 34.1. The molecule has 0 radical (unpaired) electrons. The summed E-state index contributed by atoms with van der Waals surface area (Å²) in [6, 6.07) is 20.3. The first-order valence-electron chi connectivity index (χ1n) is 14.5. The van der Waals surface area contributed by atoms with Crippen LogP contribution in [-0.2, 0) is 38.8 Å². The predicted molar refractivity (Wildman–Crippen MR) is 167 cm³/mol. The molecule has 3 amide bonds. The number of hydrogen-bond acceptors (Lipinski definition) is 8. The SMILES string of the molecule is CC(C)c1cc(CNC(=O)C(F)(F)C(=O)CNC(=O)Cn2c(-c3ccccc3)ncc(NC(=O)OCc3ccccc3)c2=O)ccn1. The van der Waals surface area contributed by atoms with Crippen LogP contribution in [0, 0.1) is 0 Å². The van der Waals surface area contributed by atoms with Gasteiger partial charge in [-0.2, -0.15) is 8.78 Å². The van der Waals surface area contributed by atoms with Crippen molar-refractivity contribution in [3.05, 3.63) is 112 Å².